The predicted octanol–water partition coefficient (Wildman–Crippen LogP) is 2.73. The van der Waals surface area contributed by atoms with Crippen molar-refractivity contribution in [1.29, 1.82) is 0 Å². The van der Waals surface area contributed by atoms with Gasteiger partial charge in [-0.3, -0.25) is 0 Å². The second-order valence-corrected chi connectivity index (χ2v) is 3.07. The first-order chi connectivity index (χ1) is 6.09. The lowest BCUT2D eigenvalue weighted by atomic mass is 9.99. The molecule has 0 unspecified atom stereocenters. The number of anilines is 1. The summed E-state index contributed by atoms with van der Waals surface area (Å²) in [4.78, 5) is 0. The summed E-state index contributed by atoms with van der Waals surface area (Å²) in [6.07, 6.45) is -0.231. The smallest absolute Gasteiger partial charge is 0.276 e. The van der Waals surface area contributed by atoms with E-state index in [-0.39, 0.29) is 24.2 Å². The Morgan fingerprint density at radius 1 is 1.31 bits per heavy atom. The van der Waals surface area contributed by atoms with Crippen LogP contribution in [0.4, 0.5) is 18.9 Å². The summed E-state index contributed by atoms with van der Waals surface area (Å²) in [6, 6.07) is 3.29. The van der Waals surface area contributed by atoms with Crippen LogP contribution >= 0.6 is 0 Å². The Morgan fingerprint density at radius 3 is 2.85 bits per heavy atom. The fourth-order valence-corrected chi connectivity index (χ4v) is 1.47. The van der Waals surface area contributed by atoms with Gasteiger partial charge < -0.3 is 5.32 Å². The zero-order valence-corrected chi connectivity index (χ0v) is 6.78. The molecule has 0 saturated heterocycles. The van der Waals surface area contributed by atoms with Gasteiger partial charge in [0.1, 0.15) is 5.82 Å². The highest BCUT2D eigenvalue weighted by molar-refractivity contribution is 5.55. The molecule has 70 valence electrons. The van der Waals surface area contributed by atoms with Crippen LogP contribution in [0.3, 0.4) is 0 Å². The monoisotopic (exact) mass is 187 g/mol. The van der Waals surface area contributed by atoms with E-state index in [1.54, 1.807) is 0 Å². The molecular formula is C9H8F3N. The van der Waals surface area contributed by atoms with Crippen LogP contribution in [0.1, 0.15) is 12.0 Å². The van der Waals surface area contributed by atoms with Crippen LogP contribution in [0.5, 0.6) is 0 Å². The summed E-state index contributed by atoms with van der Waals surface area (Å²) in [5, 5.41) is 2.74. The van der Waals surface area contributed by atoms with Gasteiger partial charge in [0, 0.05) is 24.2 Å². The molecule has 0 aliphatic carbocycles. The summed E-state index contributed by atoms with van der Waals surface area (Å²) in [5.41, 5.74) is 0.0939. The van der Waals surface area contributed by atoms with Gasteiger partial charge in [0.25, 0.3) is 5.92 Å². The fraction of sp³-hybridized carbons (Fsp3) is 0.333. The summed E-state index contributed by atoms with van der Waals surface area (Å²) in [6.45, 7) is 0.184. The zero-order chi connectivity index (χ0) is 9.47. The average molecular weight is 187 g/mol. The van der Waals surface area contributed by atoms with Crippen molar-refractivity contribution in [2.45, 2.75) is 12.3 Å². The first-order valence-electron chi connectivity index (χ1n) is 4.01. The van der Waals surface area contributed by atoms with Crippen molar-refractivity contribution in [2.24, 2.45) is 0 Å². The van der Waals surface area contributed by atoms with E-state index in [1.807, 2.05) is 0 Å². The van der Waals surface area contributed by atoms with Crippen molar-refractivity contribution >= 4 is 5.69 Å². The molecule has 2 rings (SSSR count). The molecular weight excluding hydrogens is 179 g/mol. The van der Waals surface area contributed by atoms with Crippen LogP contribution in [0.25, 0.3) is 0 Å². The molecule has 1 aromatic carbocycles. The number of nitrogens with one attached hydrogen (secondary N) is 1. The van der Waals surface area contributed by atoms with Crippen molar-refractivity contribution in [3.8, 4) is 0 Å². The number of hydrogen-bond donors (Lipinski definition) is 1. The van der Waals surface area contributed by atoms with E-state index in [0.717, 1.165) is 18.2 Å². The van der Waals surface area contributed by atoms with Crippen LogP contribution in [0, 0.1) is 5.82 Å². The third-order valence-electron chi connectivity index (χ3n) is 2.13. The molecule has 0 amide bonds. The van der Waals surface area contributed by atoms with Gasteiger partial charge in [-0.2, -0.15) is 0 Å². The summed E-state index contributed by atoms with van der Waals surface area (Å²) in [7, 11) is 0. The topological polar surface area (TPSA) is 12.0 Å². The minimum atomic E-state index is -2.83. The first-order valence-corrected chi connectivity index (χ1v) is 4.01. The molecule has 0 spiro atoms. The number of halogens is 3. The summed E-state index contributed by atoms with van der Waals surface area (Å²) < 4.78 is 39.0. The van der Waals surface area contributed by atoms with Crippen LogP contribution in [0.2, 0.25) is 0 Å². The molecule has 0 radical (unpaired) electrons. The number of benzene rings is 1. The van der Waals surface area contributed by atoms with Gasteiger partial charge in [0.2, 0.25) is 0 Å². The Kier molecular flexibility index (Phi) is 1.71. The normalized spacial score (nSPS) is 19.0. The maximum absolute atomic E-state index is 13.2. The van der Waals surface area contributed by atoms with E-state index in [4.69, 9.17) is 0 Å². The molecule has 0 atom stereocenters. The summed E-state index contributed by atoms with van der Waals surface area (Å²) >= 11 is 0. The molecule has 13 heavy (non-hydrogen) atoms. The van der Waals surface area contributed by atoms with Gasteiger partial charge in [0.15, 0.2) is 0 Å². The maximum Gasteiger partial charge on any atom is 0.276 e. The molecule has 1 aliphatic heterocycles. The largest absolute Gasteiger partial charge is 0.384 e. The second-order valence-electron chi connectivity index (χ2n) is 3.07. The number of alkyl halides is 2. The van der Waals surface area contributed by atoms with Gasteiger partial charge in [-0.05, 0) is 18.2 Å². The minimum Gasteiger partial charge on any atom is -0.384 e. The lowest BCUT2D eigenvalue weighted by molar-refractivity contribution is -0.0123. The van der Waals surface area contributed by atoms with Crippen molar-refractivity contribution in [1.82, 2.24) is 0 Å². The number of hydrogen-bond acceptors (Lipinski definition) is 1. The highest BCUT2D eigenvalue weighted by atomic mass is 19.3. The van der Waals surface area contributed by atoms with Crippen LogP contribution in [0.15, 0.2) is 18.2 Å². The van der Waals surface area contributed by atoms with E-state index in [0.29, 0.717) is 0 Å². The Bertz CT molecular complexity index is 336. The molecule has 0 fully saturated rings. The standard InChI is InChI=1S/C9H8F3N/c10-6-1-2-7-8(5-6)13-4-3-9(7,11)12/h1-2,5,13H,3-4H2. The molecule has 0 saturated carbocycles. The molecule has 4 heteroatoms. The lowest BCUT2D eigenvalue weighted by Crippen LogP contribution is -2.25. The third-order valence-corrected chi connectivity index (χ3v) is 2.13. The average Bonchev–Trinajstić information content (AvgIpc) is 2.02. The van der Waals surface area contributed by atoms with Crippen LogP contribution in [-0.2, 0) is 5.92 Å². The predicted molar refractivity (Wildman–Crippen MR) is 43.4 cm³/mol. The van der Waals surface area contributed by atoms with Crippen molar-refractivity contribution < 1.29 is 13.2 Å². The lowest BCUT2D eigenvalue weighted by Gasteiger charge is -2.26. The van der Waals surface area contributed by atoms with Crippen LogP contribution in [-0.4, -0.2) is 6.54 Å². The molecule has 1 nitrogen and oxygen atoms in total. The SMILES string of the molecule is Fc1ccc2c(c1)NCCC2(F)F. The Balaban J connectivity index is 2.53. The number of fused-ring (bicyclic) bond motifs is 1. The maximum atomic E-state index is 13.2. The molecule has 0 bridgehead atoms. The third kappa shape index (κ3) is 1.36. The highest BCUT2D eigenvalue weighted by Gasteiger charge is 2.36. The number of rotatable bonds is 0. The molecule has 1 aliphatic rings. The minimum absolute atomic E-state index is 0.111. The van der Waals surface area contributed by atoms with E-state index in [9.17, 15) is 13.2 Å². The van der Waals surface area contributed by atoms with Gasteiger partial charge in [-0.1, -0.05) is 0 Å². The Labute approximate surface area is 73.6 Å². The highest BCUT2D eigenvalue weighted by Crippen LogP contribution is 2.39. The fourth-order valence-electron chi connectivity index (χ4n) is 1.47. The Morgan fingerprint density at radius 2 is 2.08 bits per heavy atom. The molecule has 1 aromatic rings. The Hall–Kier alpha value is -1.19. The van der Waals surface area contributed by atoms with Gasteiger partial charge in [-0.15, -0.1) is 0 Å². The quantitative estimate of drug-likeness (QED) is 0.658. The van der Waals surface area contributed by atoms with Crippen molar-refractivity contribution in [3.63, 3.8) is 0 Å². The van der Waals surface area contributed by atoms with E-state index < -0.39 is 11.7 Å². The zero-order valence-electron chi connectivity index (χ0n) is 6.78. The van der Waals surface area contributed by atoms with Crippen LogP contribution < -0.4 is 5.32 Å². The van der Waals surface area contributed by atoms with E-state index in [2.05, 4.69) is 5.32 Å². The first kappa shape index (κ1) is 8.41. The van der Waals surface area contributed by atoms with Crippen molar-refractivity contribution in [2.75, 3.05) is 11.9 Å². The van der Waals surface area contributed by atoms with E-state index >= 15 is 0 Å². The van der Waals surface area contributed by atoms with Gasteiger partial charge in [-0.25, -0.2) is 13.2 Å². The van der Waals surface area contributed by atoms with Gasteiger partial charge in [0.05, 0.1) is 0 Å². The molecule has 1 N–H and O–H groups in total. The molecule has 1 heterocycles. The van der Waals surface area contributed by atoms with Crippen molar-refractivity contribution in [3.05, 3.63) is 29.6 Å². The van der Waals surface area contributed by atoms with E-state index in [1.165, 1.54) is 0 Å². The second kappa shape index (κ2) is 2.65. The molecule has 0 aromatic heterocycles. The summed E-state index contributed by atoms with van der Waals surface area (Å²) in [5.74, 6) is -3.32. The van der Waals surface area contributed by atoms with Gasteiger partial charge >= 0.3 is 0 Å².